The van der Waals surface area contributed by atoms with Crippen molar-refractivity contribution in [3.8, 4) is 17.2 Å². The van der Waals surface area contributed by atoms with Gasteiger partial charge in [0.2, 0.25) is 0 Å². The maximum absolute atomic E-state index is 12.5. The van der Waals surface area contributed by atoms with Crippen molar-refractivity contribution in [1.82, 2.24) is 10.2 Å². The number of carbonyl (C=O) groups excluding carboxylic acids is 2. The molecule has 5 rings (SSSR count). The molecule has 3 aliphatic rings. The van der Waals surface area contributed by atoms with Crippen molar-refractivity contribution in [3.05, 3.63) is 53.6 Å². The molecule has 10 heteroatoms. The van der Waals surface area contributed by atoms with Crippen molar-refractivity contribution in [2.24, 2.45) is 0 Å². The molecule has 2 N–H and O–H groups in total. The van der Waals surface area contributed by atoms with Crippen LogP contribution in [0.2, 0.25) is 0 Å². The molecule has 10 nitrogen and oxygen atoms in total. The van der Waals surface area contributed by atoms with E-state index < -0.39 is 0 Å². The molecule has 232 valence electrons. The van der Waals surface area contributed by atoms with Crippen LogP contribution in [0.5, 0.6) is 17.2 Å². The van der Waals surface area contributed by atoms with Crippen molar-refractivity contribution in [2.45, 2.75) is 68.9 Å². The van der Waals surface area contributed by atoms with Crippen LogP contribution in [0.4, 0.5) is 0 Å². The molecule has 0 amide bonds. The van der Waals surface area contributed by atoms with E-state index in [2.05, 4.69) is 10.2 Å². The SMILES string of the molecule is COc1ccc(C(=O)CCCCCC2OC2N[C@H](CN2CC(OCCC=N)C2)C(C=O)c2ccc3c(c2)OCCO3)cc1. The van der Waals surface area contributed by atoms with E-state index in [4.69, 9.17) is 29.1 Å². The van der Waals surface area contributed by atoms with E-state index in [-0.39, 0.29) is 36.2 Å². The van der Waals surface area contributed by atoms with Gasteiger partial charge in [0.05, 0.1) is 31.8 Å². The van der Waals surface area contributed by atoms with Crippen LogP contribution in [-0.4, -0.2) is 94.2 Å². The highest BCUT2D eigenvalue weighted by Gasteiger charge is 2.42. The van der Waals surface area contributed by atoms with Crippen LogP contribution in [-0.2, 0) is 14.3 Å². The fraction of sp³-hybridized carbons (Fsp3) is 0.545. The van der Waals surface area contributed by atoms with Crippen LogP contribution < -0.4 is 19.5 Å². The Balaban J connectivity index is 1.10. The third kappa shape index (κ3) is 8.63. The minimum atomic E-state index is -0.387. The van der Waals surface area contributed by atoms with Gasteiger partial charge < -0.3 is 33.9 Å². The van der Waals surface area contributed by atoms with Crippen LogP contribution in [0.25, 0.3) is 0 Å². The topological polar surface area (TPSA) is 123 Å². The smallest absolute Gasteiger partial charge is 0.162 e. The molecule has 0 bridgehead atoms. The molecule has 4 atom stereocenters. The lowest BCUT2D eigenvalue weighted by molar-refractivity contribution is -0.110. The van der Waals surface area contributed by atoms with Gasteiger partial charge in [-0.3, -0.25) is 15.0 Å². The number of nitrogens with one attached hydrogen (secondary N) is 2. The highest BCUT2D eigenvalue weighted by atomic mass is 16.6. The Morgan fingerprint density at radius 1 is 1.09 bits per heavy atom. The lowest BCUT2D eigenvalue weighted by atomic mass is 9.91. The largest absolute Gasteiger partial charge is 0.497 e. The number of likely N-dealkylation sites (tertiary alicyclic amines) is 1. The second-order valence-corrected chi connectivity index (χ2v) is 11.4. The molecule has 43 heavy (non-hydrogen) atoms. The van der Waals surface area contributed by atoms with E-state index in [0.717, 1.165) is 61.9 Å². The summed E-state index contributed by atoms with van der Waals surface area (Å²) in [6.45, 7) is 3.85. The second kappa shape index (κ2) is 15.4. The number of ketones is 1. The highest BCUT2D eigenvalue weighted by molar-refractivity contribution is 5.96. The third-order valence-corrected chi connectivity index (χ3v) is 8.29. The number of ether oxygens (including phenoxy) is 5. The fourth-order valence-electron chi connectivity index (χ4n) is 5.74. The Labute approximate surface area is 253 Å². The van der Waals surface area contributed by atoms with Gasteiger partial charge in [0.25, 0.3) is 0 Å². The van der Waals surface area contributed by atoms with Gasteiger partial charge in [0.15, 0.2) is 17.3 Å². The molecule has 0 spiro atoms. The van der Waals surface area contributed by atoms with E-state index in [9.17, 15) is 9.59 Å². The van der Waals surface area contributed by atoms with Crippen LogP contribution in [0, 0.1) is 5.41 Å². The molecule has 0 aromatic heterocycles. The maximum Gasteiger partial charge on any atom is 0.162 e. The van der Waals surface area contributed by atoms with Gasteiger partial charge in [0, 0.05) is 44.1 Å². The number of nitrogens with zero attached hydrogens (tertiary/aromatic N) is 1. The highest BCUT2D eigenvalue weighted by Crippen LogP contribution is 2.35. The van der Waals surface area contributed by atoms with Crippen LogP contribution in [0.1, 0.15) is 60.4 Å². The first-order valence-corrected chi connectivity index (χ1v) is 15.3. The van der Waals surface area contributed by atoms with Gasteiger partial charge >= 0.3 is 0 Å². The van der Waals surface area contributed by atoms with Gasteiger partial charge in [-0.1, -0.05) is 18.9 Å². The number of unbranched alkanes of at least 4 members (excludes halogenated alkanes) is 2. The molecule has 0 aliphatic carbocycles. The monoisotopic (exact) mass is 593 g/mol. The summed E-state index contributed by atoms with van der Waals surface area (Å²) in [7, 11) is 1.61. The van der Waals surface area contributed by atoms with Crippen LogP contribution in [0.3, 0.4) is 0 Å². The summed E-state index contributed by atoms with van der Waals surface area (Å²) in [5.41, 5.74) is 1.60. The first-order chi connectivity index (χ1) is 21.1. The lowest BCUT2D eigenvalue weighted by Crippen LogP contribution is -2.57. The van der Waals surface area contributed by atoms with Gasteiger partial charge in [-0.25, -0.2) is 0 Å². The Morgan fingerprint density at radius 2 is 1.88 bits per heavy atom. The summed E-state index contributed by atoms with van der Waals surface area (Å²) >= 11 is 0. The van der Waals surface area contributed by atoms with Crippen LogP contribution >= 0.6 is 0 Å². The van der Waals surface area contributed by atoms with Crippen molar-refractivity contribution in [1.29, 1.82) is 5.41 Å². The molecule has 3 unspecified atom stereocenters. The number of benzene rings is 2. The third-order valence-electron chi connectivity index (χ3n) is 8.29. The number of carbonyl (C=O) groups is 2. The van der Waals surface area contributed by atoms with Crippen molar-refractivity contribution in [2.75, 3.05) is 46.6 Å². The van der Waals surface area contributed by atoms with Gasteiger partial charge in [-0.2, -0.15) is 0 Å². The van der Waals surface area contributed by atoms with Crippen molar-refractivity contribution in [3.63, 3.8) is 0 Å². The molecule has 2 fully saturated rings. The Morgan fingerprint density at radius 3 is 2.63 bits per heavy atom. The average Bonchev–Trinajstić information content (AvgIpc) is 3.76. The molecule has 2 saturated heterocycles. The summed E-state index contributed by atoms with van der Waals surface area (Å²) in [6.07, 6.45) is 7.36. The van der Waals surface area contributed by atoms with Crippen molar-refractivity contribution >= 4 is 18.3 Å². The van der Waals surface area contributed by atoms with E-state index in [1.54, 1.807) is 7.11 Å². The minimum absolute atomic E-state index is 0.0981. The summed E-state index contributed by atoms with van der Waals surface area (Å²) in [5, 5.41) is 10.8. The lowest BCUT2D eigenvalue weighted by Gasteiger charge is -2.41. The number of aldehydes is 1. The predicted molar refractivity (Wildman–Crippen MR) is 162 cm³/mol. The maximum atomic E-state index is 12.5. The number of Topliss-reactive ketones (excluding diaryl/α,β-unsaturated/α-hetero) is 1. The molecule has 2 aromatic rings. The van der Waals surface area contributed by atoms with E-state index in [1.165, 1.54) is 6.21 Å². The standard InChI is InChI=1S/C33H43N3O7/c1-39-25-11-8-23(9-12-25)29(38)6-3-2-4-7-31-33(43-31)35-28(21-36-19-26(20-36)40-15-5-14-34)27(22-37)24-10-13-30-32(18-24)42-17-16-41-30/h8-14,18,22,26-28,31,33-35H,2-7,15-17,19-21H2,1H3/t27?,28-,31?,33?/m1/s1. The van der Waals surface area contributed by atoms with E-state index >= 15 is 0 Å². The summed E-state index contributed by atoms with van der Waals surface area (Å²) in [4.78, 5) is 27.3. The number of methoxy groups -OCH3 is 1. The Kier molecular flexibility index (Phi) is 11.2. The first-order valence-electron chi connectivity index (χ1n) is 15.3. The summed E-state index contributed by atoms with van der Waals surface area (Å²) in [5.74, 6) is 1.88. The fourth-order valence-corrected chi connectivity index (χ4v) is 5.74. The first kappa shape index (κ1) is 31.1. The predicted octanol–water partition coefficient (Wildman–Crippen LogP) is 4.01. The number of hydrogen-bond acceptors (Lipinski definition) is 10. The zero-order valence-corrected chi connectivity index (χ0v) is 24.9. The van der Waals surface area contributed by atoms with Gasteiger partial charge in [0.1, 0.15) is 31.5 Å². The number of rotatable bonds is 19. The van der Waals surface area contributed by atoms with Crippen LogP contribution in [0.15, 0.2) is 42.5 Å². The molecule has 3 aliphatic heterocycles. The van der Waals surface area contributed by atoms with Gasteiger partial charge in [-0.15, -0.1) is 0 Å². The van der Waals surface area contributed by atoms with Gasteiger partial charge in [-0.05, 0) is 61.0 Å². The molecule has 0 radical (unpaired) electrons. The Bertz CT molecular complexity index is 1220. The average molecular weight is 594 g/mol. The molecular weight excluding hydrogens is 550 g/mol. The molecule has 3 heterocycles. The molecular formula is C33H43N3O7. The number of fused-ring (bicyclic) bond motifs is 1. The normalized spacial score (nSPS) is 21.0. The quantitative estimate of drug-likeness (QED) is 0.0818. The Hall–Kier alpha value is -3.31. The van der Waals surface area contributed by atoms with Crippen molar-refractivity contribution < 1.29 is 33.3 Å². The zero-order chi connectivity index (χ0) is 30.0. The summed E-state index contributed by atoms with van der Waals surface area (Å²) < 4.78 is 28.4. The number of hydrogen-bond donors (Lipinski definition) is 2. The summed E-state index contributed by atoms with van der Waals surface area (Å²) in [6, 6.07) is 12.8. The second-order valence-electron chi connectivity index (χ2n) is 11.4. The zero-order valence-electron chi connectivity index (χ0n) is 24.9. The minimum Gasteiger partial charge on any atom is -0.497 e. The number of epoxide rings is 1. The van der Waals surface area contributed by atoms with E-state index in [1.807, 2.05) is 42.5 Å². The van der Waals surface area contributed by atoms with E-state index in [0.29, 0.717) is 50.7 Å². The molecule has 2 aromatic carbocycles. The molecule has 0 saturated carbocycles.